The Labute approximate surface area is 199 Å². The molecule has 0 saturated carbocycles. The fraction of sp³-hybridized carbons (Fsp3) is 0.308. The molecule has 34 heavy (non-hydrogen) atoms. The van der Waals surface area contributed by atoms with Gasteiger partial charge in [0.1, 0.15) is 6.54 Å². The van der Waals surface area contributed by atoms with Crippen LogP contribution >= 0.6 is 0 Å². The van der Waals surface area contributed by atoms with Gasteiger partial charge in [-0.2, -0.15) is 0 Å². The third kappa shape index (κ3) is 6.10. The van der Waals surface area contributed by atoms with Crippen LogP contribution in [-0.2, 0) is 24.9 Å². The Morgan fingerprint density at radius 2 is 1.68 bits per heavy atom. The number of carbonyl (C=O) groups excluding carboxylic acids is 2. The largest absolute Gasteiger partial charge is 0.353 e. The Kier molecular flexibility index (Phi) is 8.19. The molecule has 8 nitrogen and oxygen atoms in total. The molecule has 178 valence electrons. The van der Waals surface area contributed by atoms with Gasteiger partial charge < -0.3 is 14.4 Å². The summed E-state index contributed by atoms with van der Waals surface area (Å²) in [7, 11) is 1.93. The minimum atomic E-state index is -0.505. The van der Waals surface area contributed by atoms with E-state index in [0.29, 0.717) is 25.1 Å². The number of carbonyl (C=O) groups is 2. The van der Waals surface area contributed by atoms with Crippen molar-refractivity contribution < 1.29 is 14.5 Å². The molecule has 0 aliphatic carbocycles. The molecule has 0 fully saturated rings. The second-order valence-corrected chi connectivity index (χ2v) is 8.34. The predicted molar refractivity (Wildman–Crippen MR) is 130 cm³/mol. The number of nitro benzene ring substituents is 1. The molecule has 0 aliphatic heterocycles. The van der Waals surface area contributed by atoms with Crippen LogP contribution in [0.2, 0.25) is 0 Å². The molecule has 0 N–H and O–H groups in total. The lowest BCUT2D eigenvalue weighted by Gasteiger charge is -2.31. The standard InChI is InChI=1S/C26H30N4O4/c1-4-20(2)29(26(32)22-12-14-23(15-13-22)30(33)34)19-25(31)28(17-21-9-6-5-7-10-21)18-24-11-8-16-27(24)3/h5-16,20H,4,17-19H2,1-3H3. The quantitative estimate of drug-likeness (QED) is 0.330. The maximum Gasteiger partial charge on any atom is 0.269 e. The number of aromatic nitrogens is 1. The van der Waals surface area contributed by atoms with E-state index in [1.807, 2.05) is 74.1 Å². The monoisotopic (exact) mass is 462 g/mol. The Hall–Kier alpha value is -3.94. The van der Waals surface area contributed by atoms with Gasteiger partial charge in [0.05, 0.1) is 11.5 Å². The van der Waals surface area contributed by atoms with E-state index >= 15 is 0 Å². The van der Waals surface area contributed by atoms with Crippen LogP contribution in [0.3, 0.4) is 0 Å². The van der Waals surface area contributed by atoms with Gasteiger partial charge in [-0.3, -0.25) is 19.7 Å². The topological polar surface area (TPSA) is 88.7 Å². The van der Waals surface area contributed by atoms with Crippen molar-refractivity contribution in [1.82, 2.24) is 14.4 Å². The molecule has 3 rings (SSSR count). The zero-order chi connectivity index (χ0) is 24.7. The average molecular weight is 463 g/mol. The number of benzene rings is 2. The summed E-state index contributed by atoms with van der Waals surface area (Å²) in [6.07, 6.45) is 2.60. The van der Waals surface area contributed by atoms with Crippen molar-refractivity contribution in [3.63, 3.8) is 0 Å². The fourth-order valence-corrected chi connectivity index (χ4v) is 3.68. The van der Waals surface area contributed by atoms with Crippen LogP contribution in [0.25, 0.3) is 0 Å². The number of hydrogen-bond acceptors (Lipinski definition) is 4. The van der Waals surface area contributed by atoms with Crippen LogP contribution in [0.4, 0.5) is 5.69 Å². The van der Waals surface area contributed by atoms with E-state index in [9.17, 15) is 19.7 Å². The molecule has 2 amide bonds. The third-order valence-corrected chi connectivity index (χ3v) is 5.99. The van der Waals surface area contributed by atoms with Crippen molar-refractivity contribution in [2.75, 3.05) is 6.54 Å². The van der Waals surface area contributed by atoms with Crippen molar-refractivity contribution >= 4 is 17.5 Å². The molecule has 0 radical (unpaired) electrons. The van der Waals surface area contributed by atoms with Gasteiger partial charge in [-0.15, -0.1) is 0 Å². The molecule has 0 saturated heterocycles. The van der Waals surface area contributed by atoms with Gasteiger partial charge in [0, 0.05) is 49.2 Å². The maximum atomic E-state index is 13.5. The summed E-state index contributed by atoms with van der Waals surface area (Å²) >= 11 is 0. The molecule has 2 aromatic carbocycles. The van der Waals surface area contributed by atoms with Crippen molar-refractivity contribution in [3.05, 3.63) is 99.9 Å². The summed E-state index contributed by atoms with van der Waals surface area (Å²) in [6, 6.07) is 19.0. The van der Waals surface area contributed by atoms with Gasteiger partial charge in [-0.25, -0.2) is 0 Å². The number of non-ortho nitro benzene ring substituents is 1. The van der Waals surface area contributed by atoms with Gasteiger partial charge >= 0.3 is 0 Å². The Bertz CT molecular complexity index is 1130. The lowest BCUT2D eigenvalue weighted by Crippen LogP contribution is -2.46. The van der Waals surface area contributed by atoms with Gasteiger partial charge in [0.15, 0.2) is 0 Å². The first-order valence-electron chi connectivity index (χ1n) is 11.3. The molecule has 0 spiro atoms. The summed E-state index contributed by atoms with van der Waals surface area (Å²) in [5, 5.41) is 11.0. The van der Waals surface area contributed by atoms with Gasteiger partial charge in [-0.1, -0.05) is 37.3 Å². The summed E-state index contributed by atoms with van der Waals surface area (Å²) < 4.78 is 1.97. The second kappa shape index (κ2) is 11.3. The van der Waals surface area contributed by atoms with Gasteiger partial charge in [-0.05, 0) is 43.2 Å². The second-order valence-electron chi connectivity index (χ2n) is 8.34. The molecule has 1 heterocycles. The van der Waals surface area contributed by atoms with Crippen LogP contribution < -0.4 is 0 Å². The average Bonchev–Trinajstić information content (AvgIpc) is 3.25. The predicted octanol–water partition coefficient (Wildman–Crippen LogP) is 4.40. The van der Waals surface area contributed by atoms with E-state index < -0.39 is 4.92 Å². The minimum absolute atomic E-state index is 0.0813. The van der Waals surface area contributed by atoms with Crippen LogP contribution in [0.1, 0.15) is 41.9 Å². The van der Waals surface area contributed by atoms with E-state index in [4.69, 9.17) is 0 Å². The molecular weight excluding hydrogens is 432 g/mol. The molecule has 1 atom stereocenters. The Morgan fingerprint density at radius 3 is 2.24 bits per heavy atom. The number of nitro groups is 1. The molecule has 1 unspecified atom stereocenters. The van der Waals surface area contributed by atoms with Gasteiger partial charge in [0.2, 0.25) is 5.91 Å². The van der Waals surface area contributed by atoms with E-state index in [0.717, 1.165) is 11.3 Å². The lowest BCUT2D eigenvalue weighted by molar-refractivity contribution is -0.384. The van der Waals surface area contributed by atoms with E-state index in [2.05, 4.69) is 0 Å². The summed E-state index contributed by atoms with van der Waals surface area (Å²) in [5.41, 5.74) is 2.22. The first-order valence-corrected chi connectivity index (χ1v) is 11.3. The SMILES string of the molecule is CCC(C)N(CC(=O)N(Cc1ccccc1)Cc1cccn1C)C(=O)c1ccc([N+](=O)[O-])cc1. The van der Waals surface area contributed by atoms with Crippen LogP contribution in [-0.4, -0.2) is 43.7 Å². The fourth-order valence-electron chi connectivity index (χ4n) is 3.68. The smallest absolute Gasteiger partial charge is 0.269 e. The lowest BCUT2D eigenvalue weighted by atomic mass is 10.1. The molecule has 0 aliphatic rings. The van der Waals surface area contributed by atoms with Crippen molar-refractivity contribution in [3.8, 4) is 0 Å². The van der Waals surface area contributed by atoms with Gasteiger partial charge in [0.25, 0.3) is 11.6 Å². The molecule has 8 heteroatoms. The van der Waals surface area contributed by atoms with Crippen LogP contribution in [0.15, 0.2) is 72.9 Å². The molecule has 3 aromatic rings. The highest BCUT2D eigenvalue weighted by Crippen LogP contribution is 2.17. The molecule has 0 bridgehead atoms. The third-order valence-electron chi connectivity index (χ3n) is 5.99. The van der Waals surface area contributed by atoms with E-state index in [1.165, 1.54) is 24.3 Å². The maximum absolute atomic E-state index is 13.5. The number of amides is 2. The minimum Gasteiger partial charge on any atom is -0.353 e. The number of hydrogen-bond donors (Lipinski definition) is 0. The van der Waals surface area contributed by atoms with Crippen molar-refractivity contribution in [2.24, 2.45) is 7.05 Å². The Morgan fingerprint density at radius 1 is 1.00 bits per heavy atom. The highest BCUT2D eigenvalue weighted by Gasteiger charge is 2.26. The summed E-state index contributed by atoms with van der Waals surface area (Å²) in [5.74, 6) is -0.489. The van der Waals surface area contributed by atoms with Crippen molar-refractivity contribution in [1.29, 1.82) is 0 Å². The van der Waals surface area contributed by atoms with Crippen LogP contribution in [0, 0.1) is 10.1 Å². The number of nitrogens with zero attached hydrogens (tertiary/aromatic N) is 4. The highest BCUT2D eigenvalue weighted by molar-refractivity contribution is 5.97. The molecule has 1 aromatic heterocycles. The Balaban J connectivity index is 1.84. The van der Waals surface area contributed by atoms with Crippen LogP contribution in [0.5, 0.6) is 0 Å². The zero-order valence-electron chi connectivity index (χ0n) is 19.8. The summed E-state index contributed by atoms with van der Waals surface area (Å²) in [6.45, 7) is 4.61. The number of rotatable bonds is 10. The van der Waals surface area contributed by atoms with Crippen molar-refractivity contribution in [2.45, 2.75) is 39.4 Å². The zero-order valence-corrected chi connectivity index (χ0v) is 19.8. The first-order chi connectivity index (χ1) is 16.3. The van der Waals surface area contributed by atoms with E-state index in [1.54, 1.807) is 9.80 Å². The summed E-state index contributed by atoms with van der Waals surface area (Å²) in [4.78, 5) is 40.6. The normalized spacial score (nSPS) is 11.6. The highest BCUT2D eigenvalue weighted by atomic mass is 16.6. The number of aryl methyl sites for hydroxylation is 1. The molecular formula is C26H30N4O4. The first kappa shape index (κ1) is 24.7. The van der Waals surface area contributed by atoms with E-state index in [-0.39, 0.29) is 30.1 Å².